The maximum atomic E-state index is 12.2. The summed E-state index contributed by atoms with van der Waals surface area (Å²) >= 11 is 0. The van der Waals surface area contributed by atoms with Crippen LogP contribution in [-0.4, -0.2) is 52.2 Å². The van der Waals surface area contributed by atoms with Crippen LogP contribution in [0.5, 0.6) is 17.2 Å². The SMILES string of the molecule is CCOc1ccc(N(CC(=O)N/N=C\c2cccc(OC)c2O)S(C)(=O)=O)cc1. The highest BCUT2D eigenvalue weighted by Crippen LogP contribution is 2.28. The molecule has 0 aromatic heterocycles. The number of aromatic hydroxyl groups is 1. The number of hydrogen-bond acceptors (Lipinski definition) is 7. The Morgan fingerprint density at radius 2 is 1.93 bits per heavy atom. The second-order valence-corrected chi connectivity index (χ2v) is 7.79. The van der Waals surface area contributed by atoms with Crippen LogP contribution in [-0.2, 0) is 14.8 Å². The van der Waals surface area contributed by atoms with E-state index >= 15 is 0 Å². The average molecular weight is 421 g/mol. The van der Waals surface area contributed by atoms with Crippen LogP contribution in [0.15, 0.2) is 47.6 Å². The van der Waals surface area contributed by atoms with Gasteiger partial charge in [-0.25, -0.2) is 13.8 Å². The fourth-order valence-electron chi connectivity index (χ4n) is 2.42. The van der Waals surface area contributed by atoms with Crippen LogP contribution in [0.4, 0.5) is 5.69 Å². The minimum Gasteiger partial charge on any atom is -0.504 e. The zero-order valence-corrected chi connectivity index (χ0v) is 17.1. The van der Waals surface area contributed by atoms with Crippen molar-refractivity contribution in [3.8, 4) is 17.2 Å². The number of carbonyl (C=O) groups is 1. The predicted molar refractivity (Wildman–Crippen MR) is 110 cm³/mol. The maximum absolute atomic E-state index is 12.2. The van der Waals surface area contributed by atoms with Gasteiger partial charge in [-0.3, -0.25) is 9.10 Å². The van der Waals surface area contributed by atoms with Gasteiger partial charge < -0.3 is 14.6 Å². The van der Waals surface area contributed by atoms with Gasteiger partial charge in [0.25, 0.3) is 5.91 Å². The number of ether oxygens (including phenoxy) is 2. The first-order chi connectivity index (χ1) is 13.8. The van der Waals surface area contributed by atoms with Gasteiger partial charge in [-0.2, -0.15) is 5.10 Å². The number of nitrogens with one attached hydrogen (secondary N) is 1. The molecule has 0 fully saturated rings. The van der Waals surface area contributed by atoms with Crippen molar-refractivity contribution in [3.05, 3.63) is 48.0 Å². The van der Waals surface area contributed by atoms with E-state index in [1.807, 2.05) is 6.92 Å². The number of phenols is 1. The molecule has 2 rings (SSSR count). The molecule has 2 aromatic rings. The monoisotopic (exact) mass is 421 g/mol. The van der Waals surface area contributed by atoms with Gasteiger partial charge in [0.2, 0.25) is 10.0 Å². The largest absolute Gasteiger partial charge is 0.504 e. The summed E-state index contributed by atoms with van der Waals surface area (Å²) < 4.78 is 35.5. The third-order valence-electron chi connectivity index (χ3n) is 3.77. The highest BCUT2D eigenvalue weighted by atomic mass is 32.2. The summed E-state index contributed by atoms with van der Waals surface area (Å²) in [5, 5.41) is 13.8. The number of sulfonamides is 1. The van der Waals surface area contributed by atoms with E-state index in [0.717, 1.165) is 10.6 Å². The van der Waals surface area contributed by atoms with Crippen molar-refractivity contribution in [2.75, 3.05) is 30.8 Å². The molecule has 0 aliphatic heterocycles. The van der Waals surface area contributed by atoms with Crippen LogP contribution in [0.3, 0.4) is 0 Å². The van der Waals surface area contributed by atoms with Crippen LogP contribution < -0.4 is 19.2 Å². The van der Waals surface area contributed by atoms with Gasteiger partial charge in [0.15, 0.2) is 11.5 Å². The molecular formula is C19H23N3O6S. The number of hydrazone groups is 1. The molecule has 156 valence electrons. The van der Waals surface area contributed by atoms with Gasteiger partial charge in [-0.1, -0.05) is 6.07 Å². The number of benzene rings is 2. The predicted octanol–water partition coefficient (Wildman–Crippen LogP) is 1.72. The highest BCUT2D eigenvalue weighted by molar-refractivity contribution is 7.92. The first kappa shape index (κ1) is 22.0. The van der Waals surface area contributed by atoms with E-state index in [0.29, 0.717) is 23.6 Å². The molecule has 0 aliphatic carbocycles. The second-order valence-electron chi connectivity index (χ2n) is 5.89. The Kier molecular flexibility index (Phi) is 7.43. The Balaban J connectivity index is 2.09. The first-order valence-corrected chi connectivity index (χ1v) is 10.5. The van der Waals surface area contributed by atoms with Crippen LogP contribution >= 0.6 is 0 Å². The van der Waals surface area contributed by atoms with Gasteiger partial charge in [0.05, 0.1) is 31.9 Å². The van der Waals surface area contributed by atoms with E-state index < -0.39 is 22.5 Å². The molecule has 0 radical (unpaired) electrons. The lowest BCUT2D eigenvalue weighted by Crippen LogP contribution is -2.39. The van der Waals surface area contributed by atoms with Crippen molar-refractivity contribution < 1.29 is 27.8 Å². The molecule has 2 aromatic carbocycles. The van der Waals surface area contributed by atoms with E-state index in [-0.39, 0.29) is 11.5 Å². The molecule has 2 N–H and O–H groups in total. The number of para-hydroxylation sites is 1. The van der Waals surface area contributed by atoms with Crippen molar-refractivity contribution >= 4 is 27.8 Å². The molecule has 0 saturated heterocycles. The number of nitrogens with zero attached hydrogens (tertiary/aromatic N) is 2. The average Bonchev–Trinajstić information content (AvgIpc) is 2.67. The van der Waals surface area contributed by atoms with E-state index in [1.165, 1.54) is 13.3 Å². The van der Waals surface area contributed by atoms with Crippen molar-refractivity contribution in [2.24, 2.45) is 5.10 Å². The fourth-order valence-corrected chi connectivity index (χ4v) is 3.28. The summed E-state index contributed by atoms with van der Waals surface area (Å²) in [4.78, 5) is 12.2. The van der Waals surface area contributed by atoms with E-state index in [1.54, 1.807) is 42.5 Å². The van der Waals surface area contributed by atoms with Crippen LogP contribution in [0, 0.1) is 0 Å². The number of methoxy groups -OCH3 is 1. The highest BCUT2D eigenvalue weighted by Gasteiger charge is 2.20. The third kappa shape index (κ3) is 6.11. The van der Waals surface area contributed by atoms with Gasteiger partial charge in [0.1, 0.15) is 12.3 Å². The number of amides is 1. The van der Waals surface area contributed by atoms with Crippen molar-refractivity contribution in [3.63, 3.8) is 0 Å². The second kappa shape index (κ2) is 9.78. The fraction of sp³-hybridized carbons (Fsp3) is 0.263. The van der Waals surface area contributed by atoms with Crippen LogP contribution in [0.25, 0.3) is 0 Å². The van der Waals surface area contributed by atoms with E-state index in [9.17, 15) is 18.3 Å². The lowest BCUT2D eigenvalue weighted by molar-refractivity contribution is -0.119. The molecule has 0 heterocycles. The molecule has 10 heteroatoms. The lowest BCUT2D eigenvalue weighted by Gasteiger charge is -2.21. The standard InChI is InChI=1S/C19H23N3O6S/c1-4-28-16-10-8-15(9-11-16)22(29(3,25)26)13-18(23)21-20-12-14-6-5-7-17(27-2)19(14)24/h5-12,24H,4,13H2,1-3H3,(H,21,23)/b20-12-. The van der Waals surface area contributed by atoms with Crippen molar-refractivity contribution in [1.29, 1.82) is 0 Å². The molecule has 9 nitrogen and oxygen atoms in total. The van der Waals surface area contributed by atoms with Gasteiger partial charge >= 0.3 is 0 Å². The number of hydrogen-bond donors (Lipinski definition) is 2. The minimum atomic E-state index is -3.71. The Bertz CT molecular complexity index is 974. The molecule has 0 aliphatic rings. The van der Waals surface area contributed by atoms with Crippen molar-refractivity contribution in [2.45, 2.75) is 6.92 Å². The Morgan fingerprint density at radius 3 is 2.52 bits per heavy atom. The number of phenolic OH excluding ortho intramolecular Hbond substituents is 1. The van der Waals surface area contributed by atoms with Gasteiger partial charge in [-0.15, -0.1) is 0 Å². The Labute approximate surface area is 169 Å². The summed E-state index contributed by atoms with van der Waals surface area (Å²) in [6, 6.07) is 11.2. The van der Waals surface area contributed by atoms with E-state index in [4.69, 9.17) is 9.47 Å². The normalized spacial score (nSPS) is 11.3. The first-order valence-electron chi connectivity index (χ1n) is 8.64. The summed E-state index contributed by atoms with van der Waals surface area (Å²) in [7, 11) is -2.29. The lowest BCUT2D eigenvalue weighted by atomic mass is 10.2. The molecule has 0 spiro atoms. The minimum absolute atomic E-state index is 0.125. The summed E-state index contributed by atoms with van der Waals surface area (Å²) in [5.41, 5.74) is 2.90. The zero-order chi connectivity index (χ0) is 21.4. The third-order valence-corrected chi connectivity index (χ3v) is 4.91. The summed E-state index contributed by atoms with van der Waals surface area (Å²) in [5.74, 6) is 0.0824. The smallest absolute Gasteiger partial charge is 0.260 e. The summed E-state index contributed by atoms with van der Waals surface area (Å²) in [6.45, 7) is 1.86. The molecule has 0 bridgehead atoms. The topological polar surface area (TPSA) is 118 Å². The molecule has 1 amide bonds. The number of anilines is 1. The molecule has 0 atom stereocenters. The molecule has 29 heavy (non-hydrogen) atoms. The van der Waals surface area contributed by atoms with Crippen molar-refractivity contribution in [1.82, 2.24) is 5.43 Å². The number of carbonyl (C=O) groups excluding carboxylic acids is 1. The zero-order valence-electron chi connectivity index (χ0n) is 16.3. The molecule has 0 saturated carbocycles. The quantitative estimate of drug-likeness (QED) is 0.470. The Hall–Kier alpha value is -3.27. The van der Waals surface area contributed by atoms with E-state index in [2.05, 4.69) is 10.5 Å². The Morgan fingerprint density at radius 1 is 1.24 bits per heavy atom. The van der Waals surface area contributed by atoms with Gasteiger partial charge in [-0.05, 0) is 43.3 Å². The molecular weight excluding hydrogens is 398 g/mol. The van der Waals surface area contributed by atoms with Gasteiger partial charge in [0, 0.05) is 5.56 Å². The van der Waals surface area contributed by atoms with Crippen LogP contribution in [0.1, 0.15) is 12.5 Å². The number of rotatable bonds is 9. The molecule has 0 unspecified atom stereocenters. The van der Waals surface area contributed by atoms with Crippen LogP contribution in [0.2, 0.25) is 0 Å². The maximum Gasteiger partial charge on any atom is 0.260 e. The summed E-state index contributed by atoms with van der Waals surface area (Å²) in [6.07, 6.45) is 2.24.